The van der Waals surface area contributed by atoms with Gasteiger partial charge in [0.25, 0.3) is 0 Å². The van der Waals surface area contributed by atoms with E-state index in [1.807, 2.05) is 91.0 Å². The van der Waals surface area contributed by atoms with E-state index < -0.39 is 0 Å². The highest BCUT2D eigenvalue weighted by Gasteiger charge is 2.26. The zero-order chi connectivity index (χ0) is 78.9. The summed E-state index contributed by atoms with van der Waals surface area (Å²) in [5.74, 6) is 3.87. The Morgan fingerprint density at radius 3 is 1.04 bits per heavy atom. The molecule has 8 aromatic heterocycles. The van der Waals surface area contributed by atoms with Gasteiger partial charge >= 0.3 is 0 Å². The second kappa shape index (κ2) is 28.1. The van der Waals surface area contributed by atoms with Gasteiger partial charge in [-0.05, 0) is 149 Å². The Morgan fingerprint density at radius 2 is 0.550 bits per heavy atom. The van der Waals surface area contributed by atoms with E-state index in [0.29, 0.717) is 34.9 Å². The molecule has 0 radical (unpaired) electrons. The van der Waals surface area contributed by atoms with Crippen LogP contribution in [0.25, 0.3) is 241 Å². The Bertz CT molecular complexity index is 8300. The third kappa shape index (κ3) is 11.5. The topological polar surface area (TPSA) is 113 Å². The van der Waals surface area contributed by atoms with Crippen LogP contribution in [0, 0.1) is 0 Å². The third-order valence-corrected chi connectivity index (χ3v) is 25.7. The normalized spacial score (nSPS) is 11.8. The van der Waals surface area contributed by atoms with Crippen LogP contribution in [-0.2, 0) is 0 Å². The number of thiophene rings is 2. The van der Waals surface area contributed by atoms with Gasteiger partial charge in [0.2, 0.25) is 0 Å². The molecule has 0 spiro atoms. The summed E-state index contributed by atoms with van der Waals surface area (Å²) in [6, 6.07) is 137. The van der Waals surface area contributed by atoms with Gasteiger partial charge in [-0.1, -0.05) is 273 Å². The second-order valence-electron chi connectivity index (χ2n) is 30.3. The Hall–Kier alpha value is -15.6. The summed E-state index contributed by atoms with van der Waals surface area (Å²) in [6.07, 6.45) is 0. The quantitative estimate of drug-likeness (QED) is 0.126. The lowest BCUT2D eigenvalue weighted by molar-refractivity contribution is 0.672. The summed E-state index contributed by atoms with van der Waals surface area (Å²) in [5, 5.41) is 13.9. The Kier molecular flexibility index (Phi) is 16.1. The van der Waals surface area contributed by atoms with E-state index in [4.69, 9.17) is 38.7 Å². The van der Waals surface area contributed by atoms with Gasteiger partial charge in [-0.25, -0.2) is 29.9 Å². The molecule has 17 aromatic carbocycles. The average Bonchev–Trinajstić information content (AvgIpc) is 1.56. The summed E-state index contributed by atoms with van der Waals surface area (Å²) >= 11 is 3.57. The van der Waals surface area contributed by atoms with Crippen molar-refractivity contribution in [1.82, 2.24) is 39.0 Å². The SMILES string of the molecule is c1ccc(-c2nc(-c3ccccc3)nc(-c3cc(-c4cccc(-c5ccc6c7c8oc9ccccc9c8ccc7n(-c7ccccc7)c6c5)c4)cc4c3sc3ccccc34)n2)cc1.c1ccc(-c2nc(-c3ccccc3)nc(-c3cc(-c4cccc(-n5c6ccccc6c6c7oc8ccccc8c7ccc65)c4)cc4c3sc3ccccc34)n2)cc1. The van der Waals surface area contributed by atoms with Gasteiger partial charge in [0, 0.05) is 117 Å². The molecule has 0 aliphatic heterocycles. The van der Waals surface area contributed by atoms with Gasteiger partial charge in [0.1, 0.15) is 22.3 Å². The van der Waals surface area contributed by atoms with Crippen LogP contribution in [0.1, 0.15) is 0 Å². The second-order valence-corrected chi connectivity index (χ2v) is 32.4. The maximum absolute atomic E-state index is 6.63. The molecule has 8 heterocycles. The molecule has 0 amide bonds. The number of para-hydroxylation sites is 4. The molecule has 0 N–H and O–H groups in total. The molecule has 0 aliphatic carbocycles. The maximum Gasteiger partial charge on any atom is 0.165 e. The van der Waals surface area contributed by atoms with Gasteiger partial charge in [0.15, 0.2) is 34.9 Å². The molecule has 0 saturated carbocycles. The van der Waals surface area contributed by atoms with Crippen LogP contribution >= 0.6 is 22.7 Å². The van der Waals surface area contributed by atoms with Gasteiger partial charge in [-0.3, -0.25) is 0 Å². The van der Waals surface area contributed by atoms with E-state index >= 15 is 0 Å². The Labute approximate surface area is 694 Å². The van der Waals surface area contributed by atoms with E-state index in [2.05, 4.69) is 306 Å². The van der Waals surface area contributed by atoms with Crippen molar-refractivity contribution < 1.29 is 8.83 Å². The highest BCUT2D eigenvalue weighted by molar-refractivity contribution is 7.26. The molecule has 0 aliphatic rings. The molecular weight excluding hydrogens is 1510 g/mol. The zero-order valence-corrected chi connectivity index (χ0v) is 65.8. The Balaban J connectivity index is 0.000000137. The van der Waals surface area contributed by atoms with Crippen LogP contribution in [0.3, 0.4) is 0 Å². The van der Waals surface area contributed by atoms with Crippen LogP contribution in [0.2, 0.25) is 0 Å². The van der Waals surface area contributed by atoms with E-state index in [0.717, 1.165) is 175 Å². The minimum Gasteiger partial charge on any atom is -0.455 e. The lowest BCUT2D eigenvalue weighted by Gasteiger charge is -2.13. The summed E-state index contributed by atoms with van der Waals surface area (Å²) < 4.78 is 22.7. The van der Waals surface area contributed by atoms with Crippen molar-refractivity contribution >= 4 is 151 Å². The molecule has 0 fully saturated rings. The predicted molar refractivity (Wildman–Crippen MR) is 498 cm³/mol. The third-order valence-electron chi connectivity index (χ3n) is 23.3. The molecule has 0 unspecified atom stereocenters. The first kappa shape index (κ1) is 68.8. The molecule has 0 bridgehead atoms. The van der Waals surface area contributed by atoms with Gasteiger partial charge in [0.05, 0.1) is 32.8 Å². The van der Waals surface area contributed by atoms with Crippen molar-refractivity contribution in [3.05, 3.63) is 388 Å². The maximum atomic E-state index is 6.63. The van der Waals surface area contributed by atoms with E-state index in [9.17, 15) is 0 Å². The van der Waals surface area contributed by atoms with Crippen molar-refractivity contribution in [1.29, 1.82) is 0 Å². The predicted octanol–water partition coefficient (Wildman–Crippen LogP) is 29.5. The van der Waals surface area contributed by atoms with E-state index in [-0.39, 0.29) is 0 Å². The molecule has 25 rings (SSSR count). The molecule has 25 aromatic rings. The summed E-state index contributed by atoms with van der Waals surface area (Å²) in [6.45, 7) is 0. The fourth-order valence-corrected chi connectivity index (χ4v) is 20.1. The minimum atomic E-state index is 0.644. The van der Waals surface area contributed by atoms with Crippen LogP contribution in [0.5, 0.6) is 0 Å². The van der Waals surface area contributed by atoms with Crippen LogP contribution in [0.4, 0.5) is 0 Å². The molecule has 0 saturated heterocycles. The van der Waals surface area contributed by atoms with Crippen molar-refractivity contribution in [2.24, 2.45) is 0 Å². The van der Waals surface area contributed by atoms with Crippen molar-refractivity contribution in [3.8, 4) is 113 Å². The number of rotatable bonds is 11. The number of aromatic nitrogens is 8. The smallest absolute Gasteiger partial charge is 0.165 e. The zero-order valence-electron chi connectivity index (χ0n) is 64.2. The standard InChI is InChI=1S/C57H34N4OS.C51H30N4OS/c1-4-15-35(16-5-1)55-58-56(36-17-6-2-7-18-36)60-57(59-55)47-33-40(32-46-43-24-11-13-26-51(43)63-54(46)47)38-20-14-19-37(31-38)39-27-28-45-49(34-39)61(41-21-8-3-9-22-41)48-30-29-44-42-23-10-12-25-50(42)62-53(44)52(45)48;1-3-14-31(15-4-1)49-52-50(32-16-5-2-6-17-32)54-51(53-49)41-30-34(29-40-37-21-9-12-25-45(37)57-48(40)41)33-18-13-19-35(28-33)55-42-23-10-7-22-39(42)46-43(55)27-26-38-36-20-8-11-24-44(36)56-47(38)46/h1-34H;1-30H. The van der Waals surface area contributed by atoms with Crippen LogP contribution < -0.4 is 0 Å². The summed E-state index contributed by atoms with van der Waals surface area (Å²) in [7, 11) is 0. The number of benzene rings is 17. The molecule has 120 heavy (non-hydrogen) atoms. The van der Waals surface area contributed by atoms with Crippen molar-refractivity contribution in [3.63, 3.8) is 0 Å². The summed E-state index contributed by atoms with van der Waals surface area (Å²) in [4.78, 5) is 30.8. The van der Waals surface area contributed by atoms with Gasteiger partial charge in [-0.15, -0.1) is 22.7 Å². The largest absolute Gasteiger partial charge is 0.455 e. The first-order valence-electron chi connectivity index (χ1n) is 40.1. The number of fused-ring (bicyclic) bond motifs is 20. The number of hydrogen-bond acceptors (Lipinski definition) is 10. The van der Waals surface area contributed by atoms with Crippen molar-refractivity contribution in [2.75, 3.05) is 0 Å². The first-order chi connectivity index (χ1) is 59.5. The van der Waals surface area contributed by atoms with E-state index in [1.165, 1.54) is 30.9 Å². The van der Waals surface area contributed by atoms with Gasteiger partial charge in [-0.2, -0.15) is 0 Å². The molecule has 10 nitrogen and oxygen atoms in total. The van der Waals surface area contributed by atoms with Crippen LogP contribution in [0.15, 0.2) is 397 Å². The van der Waals surface area contributed by atoms with E-state index in [1.54, 1.807) is 22.7 Å². The molecule has 12 heteroatoms. The summed E-state index contributed by atoms with van der Waals surface area (Å²) in [5.41, 5.74) is 22.7. The highest BCUT2D eigenvalue weighted by atomic mass is 32.1. The minimum absolute atomic E-state index is 0.644. The highest BCUT2D eigenvalue weighted by Crippen LogP contribution is 2.49. The number of hydrogen-bond donors (Lipinski definition) is 0. The average molecular weight is 1570 g/mol. The van der Waals surface area contributed by atoms with Crippen molar-refractivity contribution in [2.45, 2.75) is 0 Å². The molecule has 0 atom stereocenters. The monoisotopic (exact) mass is 1570 g/mol. The lowest BCUT2D eigenvalue weighted by Crippen LogP contribution is -2.00. The number of furan rings is 2. The molecular formula is C108H64N8O2S2. The van der Waals surface area contributed by atoms with Gasteiger partial charge < -0.3 is 18.0 Å². The van der Waals surface area contributed by atoms with Crippen LogP contribution in [-0.4, -0.2) is 39.0 Å². The lowest BCUT2D eigenvalue weighted by atomic mass is 9.95. The first-order valence-corrected chi connectivity index (χ1v) is 41.7. The Morgan fingerprint density at radius 1 is 0.200 bits per heavy atom. The number of nitrogens with zero attached hydrogens (tertiary/aromatic N) is 8. The fourth-order valence-electron chi connectivity index (χ4n) is 17.7. The molecule has 560 valence electrons. The fraction of sp³-hybridized carbons (Fsp3) is 0.